The highest BCUT2D eigenvalue weighted by Crippen LogP contribution is 2.05. The lowest BCUT2D eigenvalue weighted by molar-refractivity contribution is -0.144. The van der Waals surface area contributed by atoms with E-state index in [1.807, 2.05) is 13.8 Å². The van der Waals surface area contributed by atoms with Gasteiger partial charge in [-0.1, -0.05) is 6.92 Å². The molecule has 4 nitrogen and oxygen atoms in total. The average Bonchev–Trinajstić information content (AvgIpc) is 2.19. The third-order valence-corrected chi connectivity index (χ3v) is 2.40. The van der Waals surface area contributed by atoms with Gasteiger partial charge in [0.25, 0.3) is 0 Å². The van der Waals surface area contributed by atoms with E-state index in [2.05, 4.69) is 11.8 Å². The van der Waals surface area contributed by atoms with E-state index in [0.717, 1.165) is 19.5 Å². The molecule has 90 valence electrons. The molecule has 0 fully saturated rings. The van der Waals surface area contributed by atoms with Crippen molar-refractivity contribution in [1.29, 1.82) is 0 Å². The molecule has 0 aliphatic rings. The topological polar surface area (TPSA) is 49.8 Å². The van der Waals surface area contributed by atoms with Gasteiger partial charge >= 0.3 is 5.97 Å². The smallest absolute Gasteiger partial charge is 0.307 e. The van der Waals surface area contributed by atoms with Gasteiger partial charge in [0.15, 0.2) is 0 Å². The van der Waals surface area contributed by atoms with Crippen molar-refractivity contribution in [3.8, 4) is 0 Å². The molecule has 0 heterocycles. The first-order chi connectivity index (χ1) is 7.15. The van der Waals surface area contributed by atoms with E-state index in [4.69, 9.17) is 9.84 Å². The van der Waals surface area contributed by atoms with Gasteiger partial charge in [0.1, 0.15) is 0 Å². The third-order valence-electron chi connectivity index (χ3n) is 2.40. The lowest BCUT2D eigenvalue weighted by atomic mass is 10.2. The summed E-state index contributed by atoms with van der Waals surface area (Å²) in [6.07, 6.45) is 1.17. The SMILES string of the molecule is CCOC(=O)CC(C)N(CC)CCCO. The van der Waals surface area contributed by atoms with Gasteiger partial charge in [0.05, 0.1) is 13.0 Å². The summed E-state index contributed by atoms with van der Waals surface area (Å²) in [7, 11) is 0. The Morgan fingerprint density at radius 1 is 1.47 bits per heavy atom. The summed E-state index contributed by atoms with van der Waals surface area (Å²) in [6.45, 7) is 8.23. The Kier molecular flexibility index (Phi) is 8.33. The molecule has 0 aliphatic heterocycles. The molecule has 0 saturated heterocycles. The molecule has 0 aliphatic carbocycles. The van der Waals surface area contributed by atoms with Crippen LogP contribution in [0, 0.1) is 0 Å². The molecular weight excluding hydrogens is 194 g/mol. The van der Waals surface area contributed by atoms with E-state index in [1.165, 1.54) is 0 Å². The fraction of sp³-hybridized carbons (Fsp3) is 0.909. The second-order valence-corrected chi connectivity index (χ2v) is 3.56. The summed E-state index contributed by atoms with van der Waals surface area (Å²) >= 11 is 0. The summed E-state index contributed by atoms with van der Waals surface area (Å²) in [4.78, 5) is 13.4. The minimum atomic E-state index is -0.146. The molecule has 4 heteroatoms. The van der Waals surface area contributed by atoms with Crippen LogP contribution in [-0.4, -0.2) is 48.3 Å². The molecule has 1 unspecified atom stereocenters. The first-order valence-corrected chi connectivity index (χ1v) is 5.66. The van der Waals surface area contributed by atoms with Crippen LogP contribution in [0.2, 0.25) is 0 Å². The van der Waals surface area contributed by atoms with E-state index in [-0.39, 0.29) is 18.6 Å². The third kappa shape index (κ3) is 6.47. The Bertz CT molecular complexity index is 173. The Hall–Kier alpha value is -0.610. The number of ether oxygens (including phenoxy) is 1. The number of aliphatic hydroxyl groups excluding tert-OH is 1. The molecule has 0 radical (unpaired) electrons. The van der Waals surface area contributed by atoms with Gasteiger partial charge in [-0.15, -0.1) is 0 Å². The molecule has 0 aromatic rings. The van der Waals surface area contributed by atoms with E-state index in [0.29, 0.717) is 13.0 Å². The van der Waals surface area contributed by atoms with Crippen LogP contribution in [-0.2, 0) is 9.53 Å². The summed E-state index contributed by atoms with van der Waals surface area (Å²) < 4.78 is 4.90. The minimum absolute atomic E-state index is 0.146. The van der Waals surface area contributed by atoms with Gasteiger partial charge in [-0.3, -0.25) is 4.79 Å². The second-order valence-electron chi connectivity index (χ2n) is 3.56. The Morgan fingerprint density at radius 2 is 2.13 bits per heavy atom. The number of nitrogens with zero attached hydrogens (tertiary/aromatic N) is 1. The van der Waals surface area contributed by atoms with Crippen molar-refractivity contribution in [2.75, 3.05) is 26.3 Å². The second kappa shape index (κ2) is 8.68. The van der Waals surface area contributed by atoms with Gasteiger partial charge in [0, 0.05) is 19.2 Å². The first-order valence-electron chi connectivity index (χ1n) is 5.66. The van der Waals surface area contributed by atoms with Crippen molar-refractivity contribution in [3.63, 3.8) is 0 Å². The van der Waals surface area contributed by atoms with Crippen LogP contribution in [0.3, 0.4) is 0 Å². The molecule has 1 N–H and O–H groups in total. The molecule has 15 heavy (non-hydrogen) atoms. The summed E-state index contributed by atoms with van der Waals surface area (Å²) in [5.41, 5.74) is 0. The maximum Gasteiger partial charge on any atom is 0.307 e. The zero-order valence-electron chi connectivity index (χ0n) is 10.0. The van der Waals surface area contributed by atoms with Crippen molar-refractivity contribution in [1.82, 2.24) is 4.90 Å². The highest BCUT2D eigenvalue weighted by atomic mass is 16.5. The molecule has 0 aromatic heterocycles. The van der Waals surface area contributed by atoms with Crippen LogP contribution in [0.1, 0.15) is 33.6 Å². The number of hydrogen-bond donors (Lipinski definition) is 1. The van der Waals surface area contributed by atoms with E-state index in [9.17, 15) is 4.79 Å². The lowest BCUT2D eigenvalue weighted by Gasteiger charge is -2.26. The highest BCUT2D eigenvalue weighted by molar-refractivity contribution is 5.70. The molecule has 1 atom stereocenters. The predicted octanol–water partition coefficient (Wildman–Crippen LogP) is 1.03. The van der Waals surface area contributed by atoms with Crippen LogP contribution in [0.25, 0.3) is 0 Å². The van der Waals surface area contributed by atoms with Gasteiger partial charge in [0.2, 0.25) is 0 Å². The van der Waals surface area contributed by atoms with Crippen LogP contribution in [0.15, 0.2) is 0 Å². The molecule has 0 bridgehead atoms. The summed E-state index contributed by atoms with van der Waals surface area (Å²) in [5, 5.41) is 8.74. The van der Waals surface area contributed by atoms with Crippen LogP contribution >= 0.6 is 0 Å². The van der Waals surface area contributed by atoms with E-state index >= 15 is 0 Å². The normalized spacial score (nSPS) is 12.9. The van der Waals surface area contributed by atoms with Crippen LogP contribution in [0.5, 0.6) is 0 Å². The largest absolute Gasteiger partial charge is 0.466 e. The molecule has 0 saturated carbocycles. The molecule has 0 aromatic carbocycles. The number of rotatable bonds is 8. The summed E-state index contributed by atoms with van der Waals surface area (Å²) in [5.74, 6) is -0.146. The van der Waals surface area contributed by atoms with E-state index in [1.54, 1.807) is 0 Å². The first kappa shape index (κ1) is 14.4. The maximum absolute atomic E-state index is 11.2. The predicted molar refractivity (Wildman–Crippen MR) is 59.7 cm³/mol. The molecule has 0 spiro atoms. The number of aliphatic hydroxyl groups is 1. The number of hydrogen-bond acceptors (Lipinski definition) is 4. The number of carbonyl (C=O) groups is 1. The highest BCUT2D eigenvalue weighted by Gasteiger charge is 2.15. The standard InChI is InChI=1S/C11H23NO3/c1-4-12(7-6-8-13)10(3)9-11(14)15-5-2/h10,13H,4-9H2,1-3H3. The zero-order valence-corrected chi connectivity index (χ0v) is 10.0. The molecule has 0 rings (SSSR count). The van der Waals surface area contributed by atoms with Crippen LogP contribution in [0.4, 0.5) is 0 Å². The fourth-order valence-corrected chi connectivity index (χ4v) is 1.55. The Morgan fingerprint density at radius 3 is 2.60 bits per heavy atom. The number of carbonyl (C=O) groups excluding carboxylic acids is 1. The maximum atomic E-state index is 11.2. The molecular formula is C11H23NO3. The fourth-order valence-electron chi connectivity index (χ4n) is 1.55. The Labute approximate surface area is 92.2 Å². The van der Waals surface area contributed by atoms with Crippen molar-refractivity contribution in [3.05, 3.63) is 0 Å². The monoisotopic (exact) mass is 217 g/mol. The van der Waals surface area contributed by atoms with Crippen molar-refractivity contribution in [2.45, 2.75) is 39.7 Å². The van der Waals surface area contributed by atoms with Crippen molar-refractivity contribution in [2.24, 2.45) is 0 Å². The van der Waals surface area contributed by atoms with Gasteiger partial charge < -0.3 is 14.7 Å². The quantitative estimate of drug-likeness (QED) is 0.617. The summed E-state index contributed by atoms with van der Waals surface area (Å²) in [6, 6.07) is 0.181. The van der Waals surface area contributed by atoms with Gasteiger partial charge in [-0.05, 0) is 26.8 Å². The van der Waals surface area contributed by atoms with Gasteiger partial charge in [-0.25, -0.2) is 0 Å². The Balaban J connectivity index is 3.91. The van der Waals surface area contributed by atoms with Crippen LogP contribution < -0.4 is 0 Å². The van der Waals surface area contributed by atoms with E-state index < -0.39 is 0 Å². The zero-order chi connectivity index (χ0) is 11.7. The minimum Gasteiger partial charge on any atom is -0.466 e. The average molecular weight is 217 g/mol. The molecule has 0 amide bonds. The van der Waals surface area contributed by atoms with Gasteiger partial charge in [-0.2, -0.15) is 0 Å². The van der Waals surface area contributed by atoms with Crippen molar-refractivity contribution < 1.29 is 14.6 Å². The number of esters is 1. The van der Waals surface area contributed by atoms with Crippen molar-refractivity contribution >= 4 is 5.97 Å². The lowest BCUT2D eigenvalue weighted by Crippen LogP contribution is -2.36.